The standard InChI is InChI=1S/C11H17NO3S/c1-15-10-6-5-9(11(12)8-10)4-3-7-16(2,13)14/h5-6,8H,3-4,7,12H2,1-2H3. The number of methoxy groups -OCH3 is 1. The second-order valence-corrected chi connectivity index (χ2v) is 6.06. The van der Waals surface area contributed by atoms with Crippen LogP contribution in [-0.4, -0.2) is 27.5 Å². The SMILES string of the molecule is COc1ccc(CCCS(C)(=O)=O)c(N)c1. The summed E-state index contributed by atoms with van der Waals surface area (Å²) in [5.74, 6) is 0.905. The van der Waals surface area contributed by atoms with E-state index in [-0.39, 0.29) is 5.75 Å². The Bertz CT molecular complexity index is 454. The maximum Gasteiger partial charge on any atom is 0.147 e. The molecule has 1 aromatic carbocycles. The molecule has 0 saturated carbocycles. The van der Waals surface area contributed by atoms with E-state index in [1.807, 2.05) is 12.1 Å². The molecule has 1 rings (SSSR count). The maximum atomic E-state index is 11.0. The summed E-state index contributed by atoms with van der Waals surface area (Å²) in [6.45, 7) is 0. The van der Waals surface area contributed by atoms with Crippen LogP contribution in [0.15, 0.2) is 18.2 Å². The zero-order valence-corrected chi connectivity index (χ0v) is 10.4. The average Bonchev–Trinajstić information content (AvgIpc) is 2.18. The van der Waals surface area contributed by atoms with Gasteiger partial charge >= 0.3 is 0 Å². The largest absolute Gasteiger partial charge is 0.497 e. The van der Waals surface area contributed by atoms with Gasteiger partial charge in [0.2, 0.25) is 0 Å². The van der Waals surface area contributed by atoms with Gasteiger partial charge in [-0.05, 0) is 24.5 Å². The van der Waals surface area contributed by atoms with E-state index in [4.69, 9.17) is 10.5 Å². The van der Waals surface area contributed by atoms with Crippen molar-refractivity contribution in [2.45, 2.75) is 12.8 Å². The Morgan fingerprint density at radius 3 is 2.56 bits per heavy atom. The third-order valence-corrected chi connectivity index (χ3v) is 3.34. The molecular weight excluding hydrogens is 226 g/mol. The van der Waals surface area contributed by atoms with Crippen molar-refractivity contribution in [3.63, 3.8) is 0 Å². The van der Waals surface area contributed by atoms with Gasteiger partial charge in [0, 0.05) is 18.0 Å². The second kappa shape index (κ2) is 5.21. The van der Waals surface area contributed by atoms with Crippen LogP contribution in [0.5, 0.6) is 5.75 Å². The Kier molecular flexibility index (Phi) is 4.18. The van der Waals surface area contributed by atoms with Crippen molar-refractivity contribution in [1.29, 1.82) is 0 Å². The van der Waals surface area contributed by atoms with Crippen LogP contribution in [-0.2, 0) is 16.3 Å². The van der Waals surface area contributed by atoms with Crippen LogP contribution in [0.3, 0.4) is 0 Å². The van der Waals surface area contributed by atoms with Crippen LogP contribution in [0, 0.1) is 0 Å². The summed E-state index contributed by atoms with van der Waals surface area (Å²) in [6.07, 6.45) is 2.50. The molecule has 0 radical (unpaired) electrons. The van der Waals surface area contributed by atoms with Crippen LogP contribution < -0.4 is 10.5 Å². The number of anilines is 1. The molecular formula is C11H17NO3S. The molecule has 4 nitrogen and oxygen atoms in total. The summed E-state index contributed by atoms with van der Waals surface area (Å²) in [6, 6.07) is 5.44. The van der Waals surface area contributed by atoms with Crippen LogP contribution in [0.4, 0.5) is 5.69 Å². The number of hydrogen-bond donors (Lipinski definition) is 1. The van der Waals surface area contributed by atoms with Gasteiger partial charge in [0.25, 0.3) is 0 Å². The molecule has 16 heavy (non-hydrogen) atoms. The van der Waals surface area contributed by atoms with Gasteiger partial charge < -0.3 is 10.5 Å². The Labute approximate surface area is 96.3 Å². The molecule has 1 aromatic rings. The fourth-order valence-electron chi connectivity index (χ4n) is 1.45. The Morgan fingerprint density at radius 2 is 2.06 bits per heavy atom. The zero-order chi connectivity index (χ0) is 12.2. The number of nitrogens with two attached hydrogens (primary N) is 1. The third kappa shape index (κ3) is 4.10. The molecule has 0 aliphatic heterocycles. The second-order valence-electron chi connectivity index (χ2n) is 3.80. The Hall–Kier alpha value is -1.23. The summed E-state index contributed by atoms with van der Waals surface area (Å²) < 4.78 is 26.9. The molecule has 0 heterocycles. The highest BCUT2D eigenvalue weighted by molar-refractivity contribution is 7.90. The van der Waals surface area contributed by atoms with Crippen molar-refractivity contribution in [2.24, 2.45) is 0 Å². The minimum Gasteiger partial charge on any atom is -0.497 e. The van der Waals surface area contributed by atoms with Gasteiger partial charge in [-0.1, -0.05) is 6.07 Å². The van der Waals surface area contributed by atoms with Gasteiger partial charge in [-0.15, -0.1) is 0 Å². The summed E-state index contributed by atoms with van der Waals surface area (Å²) in [5.41, 5.74) is 7.43. The van der Waals surface area contributed by atoms with Crippen molar-refractivity contribution in [2.75, 3.05) is 24.9 Å². The monoisotopic (exact) mass is 243 g/mol. The molecule has 0 atom stereocenters. The van der Waals surface area contributed by atoms with Gasteiger partial charge in [0.15, 0.2) is 0 Å². The first-order chi connectivity index (χ1) is 7.42. The highest BCUT2D eigenvalue weighted by Gasteiger charge is 2.05. The smallest absolute Gasteiger partial charge is 0.147 e. The normalized spacial score (nSPS) is 11.4. The van der Waals surface area contributed by atoms with E-state index < -0.39 is 9.84 Å². The molecule has 90 valence electrons. The molecule has 0 fully saturated rings. The van der Waals surface area contributed by atoms with Crippen molar-refractivity contribution in [1.82, 2.24) is 0 Å². The first kappa shape index (κ1) is 12.8. The maximum absolute atomic E-state index is 11.0. The van der Waals surface area contributed by atoms with E-state index in [0.717, 1.165) is 5.56 Å². The van der Waals surface area contributed by atoms with Crippen molar-refractivity contribution >= 4 is 15.5 Å². The first-order valence-electron chi connectivity index (χ1n) is 5.02. The Morgan fingerprint density at radius 1 is 1.38 bits per heavy atom. The Balaban J connectivity index is 2.61. The quantitative estimate of drug-likeness (QED) is 0.790. The number of aryl methyl sites for hydroxylation is 1. The summed E-state index contributed by atoms with van der Waals surface area (Å²) in [4.78, 5) is 0. The van der Waals surface area contributed by atoms with Gasteiger partial charge in [0.1, 0.15) is 15.6 Å². The third-order valence-electron chi connectivity index (χ3n) is 2.31. The number of nitrogen functional groups attached to an aromatic ring is 1. The summed E-state index contributed by atoms with van der Waals surface area (Å²) >= 11 is 0. The zero-order valence-electron chi connectivity index (χ0n) is 9.56. The molecule has 2 N–H and O–H groups in total. The number of hydrogen-bond acceptors (Lipinski definition) is 4. The molecule has 0 aromatic heterocycles. The van der Waals surface area contributed by atoms with Gasteiger partial charge in [-0.25, -0.2) is 8.42 Å². The van der Waals surface area contributed by atoms with E-state index in [9.17, 15) is 8.42 Å². The molecule has 0 spiro atoms. The predicted molar refractivity (Wildman–Crippen MR) is 65.4 cm³/mol. The fraction of sp³-hybridized carbons (Fsp3) is 0.455. The highest BCUT2D eigenvalue weighted by atomic mass is 32.2. The summed E-state index contributed by atoms with van der Waals surface area (Å²) in [7, 11) is -1.30. The lowest BCUT2D eigenvalue weighted by Crippen LogP contribution is -2.05. The number of ether oxygens (including phenoxy) is 1. The van der Waals surface area contributed by atoms with E-state index >= 15 is 0 Å². The summed E-state index contributed by atoms with van der Waals surface area (Å²) in [5, 5.41) is 0. The minimum absolute atomic E-state index is 0.193. The van der Waals surface area contributed by atoms with Crippen molar-refractivity contribution in [3.05, 3.63) is 23.8 Å². The van der Waals surface area contributed by atoms with Crippen LogP contribution in [0.1, 0.15) is 12.0 Å². The molecule has 0 amide bonds. The van der Waals surface area contributed by atoms with Crippen molar-refractivity contribution in [3.8, 4) is 5.75 Å². The molecule has 0 saturated heterocycles. The number of rotatable bonds is 5. The molecule has 0 unspecified atom stereocenters. The lowest BCUT2D eigenvalue weighted by Gasteiger charge is -2.07. The predicted octanol–water partition coefficient (Wildman–Crippen LogP) is 1.25. The van der Waals surface area contributed by atoms with Crippen LogP contribution in [0.2, 0.25) is 0 Å². The van der Waals surface area contributed by atoms with E-state index in [0.29, 0.717) is 24.3 Å². The number of benzene rings is 1. The fourth-order valence-corrected chi connectivity index (χ4v) is 2.12. The number of sulfone groups is 1. The minimum atomic E-state index is -2.89. The van der Waals surface area contributed by atoms with Gasteiger partial charge in [0.05, 0.1) is 12.9 Å². The molecule has 5 heteroatoms. The lowest BCUT2D eigenvalue weighted by atomic mass is 10.1. The van der Waals surface area contributed by atoms with E-state index in [1.54, 1.807) is 13.2 Å². The molecule has 0 aliphatic rings. The van der Waals surface area contributed by atoms with E-state index in [1.165, 1.54) is 6.26 Å². The van der Waals surface area contributed by atoms with Crippen molar-refractivity contribution < 1.29 is 13.2 Å². The van der Waals surface area contributed by atoms with Crippen LogP contribution in [0.25, 0.3) is 0 Å². The lowest BCUT2D eigenvalue weighted by molar-refractivity contribution is 0.415. The highest BCUT2D eigenvalue weighted by Crippen LogP contribution is 2.20. The van der Waals surface area contributed by atoms with Crippen LogP contribution >= 0.6 is 0 Å². The first-order valence-corrected chi connectivity index (χ1v) is 7.08. The molecule has 0 bridgehead atoms. The average molecular weight is 243 g/mol. The van der Waals surface area contributed by atoms with E-state index in [2.05, 4.69) is 0 Å². The molecule has 0 aliphatic carbocycles. The topological polar surface area (TPSA) is 69.4 Å². The van der Waals surface area contributed by atoms with Gasteiger partial charge in [-0.3, -0.25) is 0 Å². The van der Waals surface area contributed by atoms with Gasteiger partial charge in [-0.2, -0.15) is 0 Å².